The number of sulfone groups is 1. The van der Waals surface area contributed by atoms with E-state index in [9.17, 15) is 12.8 Å². The van der Waals surface area contributed by atoms with E-state index in [2.05, 4.69) is 4.98 Å². The molecule has 0 saturated heterocycles. The monoisotopic (exact) mass is 391 g/mol. The van der Waals surface area contributed by atoms with E-state index in [0.717, 1.165) is 11.3 Å². The molecule has 3 aromatic rings. The third kappa shape index (κ3) is 5.37. The van der Waals surface area contributed by atoms with E-state index in [1.165, 1.54) is 23.5 Å². The molecule has 0 fully saturated rings. The van der Waals surface area contributed by atoms with Crippen LogP contribution in [0.4, 0.5) is 4.39 Å². The summed E-state index contributed by atoms with van der Waals surface area (Å²) in [6.07, 6.45) is 0. The number of aryl methyl sites for hydroxylation is 1. The SMILES string of the molecule is Cc1csc(CS(=O)(=O)Cc2ccc(OCc3ccc(F)cc3)cc2)n1. The highest BCUT2D eigenvalue weighted by atomic mass is 32.2. The average molecular weight is 391 g/mol. The maximum atomic E-state index is 12.9. The molecule has 136 valence electrons. The van der Waals surface area contributed by atoms with Crippen molar-refractivity contribution in [2.75, 3.05) is 0 Å². The molecule has 7 heteroatoms. The Balaban J connectivity index is 1.57. The van der Waals surface area contributed by atoms with Gasteiger partial charge in [0.2, 0.25) is 0 Å². The first kappa shape index (κ1) is 18.5. The van der Waals surface area contributed by atoms with Crippen LogP contribution in [0.25, 0.3) is 0 Å². The van der Waals surface area contributed by atoms with E-state index in [1.54, 1.807) is 36.4 Å². The lowest BCUT2D eigenvalue weighted by molar-refractivity contribution is 0.306. The highest BCUT2D eigenvalue weighted by Crippen LogP contribution is 2.19. The largest absolute Gasteiger partial charge is 0.489 e. The van der Waals surface area contributed by atoms with Crippen LogP contribution in [-0.2, 0) is 27.9 Å². The first-order valence-corrected chi connectivity index (χ1v) is 10.7. The van der Waals surface area contributed by atoms with Crippen LogP contribution in [0.3, 0.4) is 0 Å². The fraction of sp³-hybridized carbons (Fsp3) is 0.211. The second-order valence-corrected chi connectivity index (χ2v) is 8.98. The zero-order valence-corrected chi connectivity index (χ0v) is 15.8. The van der Waals surface area contributed by atoms with Crippen LogP contribution in [0.2, 0.25) is 0 Å². The van der Waals surface area contributed by atoms with Gasteiger partial charge in [0.1, 0.15) is 28.9 Å². The number of rotatable bonds is 7. The van der Waals surface area contributed by atoms with Crippen molar-refractivity contribution in [3.63, 3.8) is 0 Å². The van der Waals surface area contributed by atoms with Gasteiger partial charge in [0.25, 0.3) is 0 Å². The van der Waals surface area contributed by atoms with Crippen LogP contribution >= 0.6 is 11.3 Å². The molecule has 3 rings (SSSR count). The van der Waals surface area contributed by atoms with E-state index in [1.807, 2.05) is 12.3 Å². The summed E-state index contributed by atoms with van der Waals surface area (Å²) in [6.45, 7) is 2.17. The number of halogens is 1. The third-order valence-electron chi connectivity index (χ3n) is 3.64. The molecule has 26 heavy (non-hydrogen) atoms. The van der Waals surface area contributed by atoms with Crippen LogP contribution in [0.1, 0.15) is 21.8 Å². The number of hydrogen-bond acceptors (Lipinski definition) is 5. The number of hydrogen-bond donors (Lipinski definition) is 0. The lowest BCUT2D eigenvalue weighted by Gasteiger charge is -2.08. The molecule has 0 amide bonds. The normalized spacial score (nSPS) is 11.5. The molecular formula is C19H18FNO3S2. The van der Waals surface area contributed by atoms with Crippen LogP contribution in [-0.4, -0.2) is 13.4 Å². The molecule has 4 nitrogen and oxygen atoms in total. The van der Waals surface area contributed by atoms with E-state index in [-0.39, 0.29) is 17.3 Å². The van der Waals surface area contributed by atoms with Gasteiger partial charge >= 0.3 is 0 Å². The first-order valence-electron chi connectivity index (χ1n) is 7.97. The molecule has 0 atom stereocenters. The third-order valence-corrected chi connectivity index (χ3v) is 6.27. The fourth-order valence-corrected chi connectivity index (χ4v) is 5.00. The van der Waals surface area contributed by atoms with Gasteiger partial charge in [-0.1, -0.05) is 24.3 Å². The fourth-order valence-electron chi connectivity index (χ4n) is 2.39. The lowest BCUT2D eigenvalue weighted by Crippen LogP contribution is -2.07. The number of thiazole rings is 1. The maximum absolute atomic E-state index is 12.9. The average Bonchev–Trinajstić information content (AvgIpc) is 2.99. The van der Waals surface area contributed by atoms with Crippen molar-refractivity contribution in [3.05, 3.63) is 81.6 Å². The Bertz CT molecular complexity index is 965. The Kier molecular flexibility index (Phi) is 5.68. The predicted octanol–water partition coefficient (Wildman–Crippen LogP) is 4.28. The summed E-state index contributed by atoms with van der Waals surface area (Å²) >= 11 is 1.36. The summed E-state index contributed by atoms with van der Waals surface area (Å²) in [6, 6.07) is 13.1. The van der Waals surface area contributed by atoms with E-state index in [0.29, 0.717) is 22.9 Å². The molecule has 0 bridgehead atoms. The Morgan fingerprint density at radius 1 is 1.00 bits per heavy atom. The predicted molar refractivity (Wildman–Crippen MR) is 100 cm³/mol. The first-order chi connectivity index (χ1) is 12.4. The molecule has 0 N–H and O–H groups in total. The van der Waals surface area contributed by atoms with E-state index >= 15 is 0 Å². The molecule has 0 aliphatic rings. The Labute approximate surface area is 156 Å². The van der Waals surface area contributed by atoms with Crippen molar-refractivity contribution in [3.8, 4) is 5.75 Å². The highest BCUT2D eigenvalue weighted by molar-refractivity contribution is 7.89. The van der Waals surface area contributed by atoms with Gasteiger partial charge in [-0.25, -0.2) is 17.8 Å². The number of benzene rings is 2. The molecule has 0 spiro atoms. The second-order valence-electron chi connectivity index (χ2n) is 5.97. The highest BCUT2D eigenvalue weighted by Gasteiger charge is 2.15. The summed E-state index contributed by atoms with van der Waals surface area (Å²) in [5, 5.41) is 2.46. The number of nitrogens with zero attached hydrogens (tertiary/aromatic N) is 1. The van der Waals surface area contributed by atoms with Crippen molar-refractivity contribution in [2.24, 2.45) is 0 Å². The van der Waals surface area contributed by atoms with Crippen molar-refractivity contribution in [1.82, 2.24) is 4.98 Å². The minimum atomic E-state index is -3.27. The van der Waals surface area contributed by atoms with Crippen LogP contribution in [0, 0.1) is 12.7 Å². The number of ether oxygens (including phenoxy) is 1. The van der Waals surface area contributed by atoms with E-state index < -0.39 is 9.84 Å². The van der Waals surface area contributed by atoms with Crippen LogP contribution in [0.5, 0.6) is 5.75 Å². The van der Waals surface area contributed by atoms with Gasteiger partial charge in [-0.05, 0) is 42.3 Å². The summed E-state index contributed by atoms with van der Waals surface area (Å²) in [5.74, 6) is 0.260. The zero-order valence-electron chi connectivity index (χ0n) is 14.2. The Morgan fingerprint density at radius 3 is 2.27 bits per heavy atom. The molecule has 1 aromatic heterocycles. The minimum absolute atomic E-state index is 0.0378. The molecule has 2 aromatic carbocycles. The van der Waals surface area contributed by atoms with Gasteiger partial charge in [0.15, 0.2) is 9.84 Å². The molecule has 1 heterocycles. The smallest absolute Gasteiger partial charge is 0.160 e. The molecule has 0 saturated carbocycles. The van der Waals surface area contributed by atoms with E-state index in [4.69, 9.17) is 4.74 Å². The second kappa shape index (κ2) is 7.97. The maximum Gasteiger partial charge on any atom is 0.160 e. The summed E-state index contributed by atoms with van der Waals surface area (Å²) in [5.41, 5.74) is 2.40. The summed E-state index contributed by atoms with van der Waals surface area (Å²) in [7, 11) is -3.27. The van der Waals surface area contributed by atoms with Crippen molar-refractivity contribution in [1.29, 1.82) is 0 Å². The topological polar surface area (TPSA) is 56.3 Å². The molecule has 0 aliphatic carbocycles. The lowest BCUT2D eigenvalue weighted by atomic mass is 10.2. The number of aromatic nitrogens is 1. The summed E-state index contributed by atoms with van der Waals surface area (Å²) < 4.78 is 43.1. The van der Waals surface area contributed by atoms with Gasteiger partial charge in [0, 0.05) is 11.1 Å². The summed E-state index contributed by atoms with van der Waals surface area (Å²) in [4.78, 5) is 4.21. The molecule has 0 radical (unpaired) electrons. The van der Waals surface area contributed by atoms with Gasteiger partial charge in [-0.2, -0.15) is 0 Å². The van der Waals surface area contributed by atoms with Gasteiger partial charge in [0.05, 0.1) is 5.75 Å². The van der Waals surface area contributed by atoms with Crippen molar-refractivity contribution >= 4 is 21.2 Å². The molecular weight excluding hydrogens is 373 g/mol. The molecule has 0 aliphatic heterocycles. The van der Waals surface area contributed by atoms with Crippen LogP contribution < -0.4 is 4.74 Å². The van der Waals surface area contributed by atoms with Crippen molar-refractivity contribution in [2.45, 2.75) is 25.0 Å². The Morgan fingerprint density at radius 2 is 1.65 bits per heavy atom. The van der Waals surface area contributed by atoms with Gasteiger partial charge in [-0.3, -0.25) is 0 Å². The Hall–Kier alpha value is -2.25. The quantitative estimate of drug-likeness (QED) is 0.603. The standard InChI is InChI=1S/C19H18FNO3S2/c1-14-11-25-19(21-14)13-26(22,23)12-16-4-8-18(9-5-16)24-10-15-2-6-17(20)7-3-15/h2-9,11H,10,12-13H2,1H3. The zero-order chi connectivity index (χ0) is 18.6. The van der Waals surface area contributed by atoms with Gasteiger partial charge < -0.3 is 4.74 Å². The van der Waals surface area contributed by atoms with Crippen molar-refractivity contribution < 1.29 is 17.5 Å². The van der Waals surface area contributed by atoms with Crippen LogP contribution in [0.15, 0.2) is 53.9 Å². The van der Waals surface area contributed by atoms with Gasteiger partial charge in [-0.15, -0.1) is 11.3 Å². The minimum Gasteiger partial charge on any atom is -0.489 e. The molecule has 0 unspecified atom stereocenters.